The normalized spacial score (nSPS) is 28.4. The minimum atomic E-state index is 0.539. The Kier molecular flexibility index (Phi) is 3.23. The summed E-state index contributed by atoms with van der Waals surface area (Å²) in [4.78, 5) is 2.68. The topological polar surface area (TPSA) is 12.5 Å². The van der Waals surface area contributed by atoms with Crippen molar-refractivity contribution in [3.05, 3.63) is 0 Å². The van der Waals surface area contributed by atoms with Crippen LogP contribution in [0.2, 0.25) is 0 Å². The molecule has 2 fully saturated rings. The van der Waals surface area contributed by atoms with Crippen molar-refractivity contribution in [2.24, 2.45) is 0 Å². The fourth-order valence-corrected chi connectivity index (χ4v) is 2.75. The van der Waals surface area contributed by atoms with Crippen LogP contribution in [0.25, 0.3) is 0 Å². The smallest absolute Gasteiger partial charge is 0.0595 e. The van der Waals surface area contributed by atoms with Crippen LogP contribution < -0.4 is 0 Å². The number of ether oxygens (including phenoxy) is 1. The molecule has 0 aromatic rings. The van der Waals surface area contributed by atoms with Gasteiger partial charge in [-0.05, 0) is 25.7 Å². The molecule has 1 saturated carbocycles. The van der Waals surface area contributed by atoms with E-state index in [1.807, 2.05) is 7.11 Å². The molecule has 2 heteroatoms. The van der Waals surface area contributed by atoms with Crippen LogP contribution in [0.5, 0.6) is 0 Å². The van der Waals surface area contributed by atoms with Crippen LogP contribution in [-0.4, -0.2) is 37.2 Å². The summed E-state index contributed by atoms with van der Waals surface area (Å²) in [6.07, 6.45) is 8.82. The molecule has 1 aliphatic heterocycles. The minimum Gasteiger partial charge on any atom is -0.381 e. The molecule has 0 unspecified atom stereocenters. The zero-order valence-electron chi connectivity index (χ0n) is 8.67. The average molecular weight is 183 g/mol. The molecule has 1 aliphatic carbocycles. The summed E-state index contributed by atoms with van der Waals surface area (Å²) < 4.78 is 5.38. The highest BCUT2D eigenvalue weighted by Gasteiger charge is 2.26. The number of piperidine rings is 1. The molecule has 2 aliphatic rings. The van der Waals surface area contributed by atoms with Gasteiger partial charge in [-0.25, -0.2) is 0 Å². The van der Waals surface area contributed by atoms with Crippen molar-refractivity contribution in [2.75, 3.05) is 20.2 Å². The maximum atomic E-state index is 5.38. The van der Waals surface area contributed by atoms with Crippen molar-refractivity contribution in [1.82, 2.24) is 4.90 Å². The molecule has 0 atom stereocenters. The van der Waals surface area contributed by atoms with Gasteiger partial charge in [0.1, 0.15) is 0 Å². The Hall–Kier alpha value is -0.0800. The molecule has 0 N–H and O–H groups in total. The fourth-order valence-electron chi connectivity index (χ4n) is 2.75. The highest BCUT2D eigenvalue weighted by molar-refractivity contribution is 4.81. The summed E-state index contributed by atoms with van der Waals surface area (Å²) in [5.41, 5.74) is 0. The standard InChI is InChI=1S/C11H21NO/c1-13-11-6-8-12(9-7-11)10-4-2-3-5-10/h10-11H,2-9H2,1H3. The Morgan fingerprint density at radius 1 is 1.00 bits per heavy atom. The minimum absolute atomic E-state index is 0.539. The largest absolute Gasteiger partial charge is 0.381 e. The lowest BCUT2D eigenvalue weighted by Gasteiger charge is -2.35. The summed E-state index contributed by atoms with van der Waals surface area (Å²) in [7, 11) is 1.84. The molecule has 0 radical (unpaired) electrons. The van der Waals surface area contributed by atoms with E-state index in [4.69, 9.17) is 4.74 Å². The third-order valence-corrected chi connectivity index (χ3v) is 3.65. The van der Waals surface area contributed by atoms with E-state index >= 15 is 0 Å². The Balaban J connectivity index is 1.77. The van der Waals surface area contributed by atoms with E-state index in [0.717, 1.165) is 6.04 Å². The van der Waals surface area contributed by atoms with Crippen molar-refractivity contribution >= 4 is 0 Å². The van der Waals surface area contributed by atoms with E-state index in [-0.39, 0.29) is 0 Å². The monoisotopic (exact) mass is 183 g/mol. The second-order valence-electron chi connectivity index (χ2n) is 4.41. The van der Waals surface area contributed by atoms with E-state index in [1.165, 1.54) is 51.6 Å². The predicted octanol–water partition coefficient (Wildman–Crippen LogP) is 2.04. The number of nitrogens with zero attached hydrogens (tertiary/aromatic N) is 1. The average Bonchev–Trinajstić information content (AvgIpc) is 2.71. The lowest BCUT2D eigenvalue weighted by atomic mass is 10.0. The molecule has 0 aromatic heterocycles. The summed E-state index contributed by atoms with van der Waals surface area (Å²) >= 11 is 0. The summed E-state index contributed by atoms with van der Waals surface area (Å²) in [6.45, 7) is 2.53. The van der Waals surface area contributed by atoms with Crippen molar-refractivity contribution in [3.8, 4) is 0 Å². The van der Waals surface area contributed by atoms with Gasteiger partial charge in [0.25, 0.3) is 0 Å². The fraction of sp³-hybridized carbons (Fsp3) is 1.00. The first-order valence-corrected chi connectivity index (χ1v) is 5.67. The SMILES string of the molecule is COC1CCN(C2CCCC2)CC1. The molecule has 13 heavy (non-hydrogen) atoms. The Bertz CT molecular complexity index is 146. The third kappa shape index (κ3) is 2.23. The molecule has 2 nitrogen and oxygen atoms in total. The zero-order chi connectivity index (χ0) is 9.10. The van der Waals surface area contributed by atoms with E-state index in [1.54, 1.807) is 0 Å². The van der Waals surface area contributed by atoms with E-state index in [2.05, 4.69) is 4.90 Å². The highest BCUT2D eigenvalue weighted by atomic mass is 16.5. The van der Waals surface area contributed by atoms with Gasteiger partial charge >= 0.3 is 0 Å². The molecule has 0 spiro atoms. The number of hydrogen-bond acceptors (Lipinski definition) is 2. The van der Waals surface area contributed by atoms with E-state index in [9.17, 15) is 0 Å². The maximum Gasteiger partial charge on any atom is 0.0595 e. The third-order valence-electron chi connectivity index (χ3n) is 3.65. The van der Waals surface area contributed by atoms with Crippen LogP contribution in [0.4, 0.5) is 0 Å². The lowest BCUT2D eigenvalue weighted by molar-refractivity contribution is 0.0281. The van der Waals surface area contributed by atoms with E-state index in [0.29, 0.717) is 6.10 Å². The van der Waals surface area contributed by atoms with E-state index < -0.39 is 0 Å². The van der Waals surface area contributed by atoms with Crippen LogP contribution in [0.1, 0.15) is 38.5 Å². The second-order valence-corrected chi connectivity index (χ2v) is 4.41. The van der Waals surface area contributed by atoms with Crippen LogP contribution in [0.3, 0.4) is 0 Å². The first kappa shape index (κ1) is 9.47. The Labute approximate surface area is 81.3 Å². The van der Waals surface area contributed by atoms with Crippen LogP contribution >= 0.6 is 0 Å². The Morgan fingerprint density at radius 2 is 1.62 bits per heavy atom. The van der Waals surface area contributed by atoms with Gasteiger partial charge in [0, 0.05) is 26.2 Å². The van der Waals surface area contributed by atoms with Crippen molar-refractivity contribution in [2.45, 2.75) is 50.7 Å². The van der Waals surface area contributed by atoms with Gasteiger partial charge in [0.2, 0.25) is 0 Å². The summed E-state index contributed by atoms with van der Waals surface area (Å²) in [5.74, 6) is 0. The molecule has 1 saturated heterocycles. The van der Waals surface area contributed by atoms with Crippen LogP contribution in [0.15, 0.2) is 0 Å². The van der Waals surface area contributed by atoms with Gasteiger partial charge in [0.05, 0.1) is 6.10 Å². The molecule has 0 aromatic carbocycles. The first-order valence-electron chi connectivity index (χ1n) is 5.67. The van der Waals surface area contributed by atoms with Gasteiger partial charge in [-0.3, -0.25) is 0 Å². The van der Waals surface area contributed by atoms with Gasteiger partial charge in [0.15, 0.2) is 0 Å². The number of rotatable bonds is 2. The van der Waals surface area contributed by atoms with Crippen LogP contribution in [-0.2, 0) is 4.74 Å². The van der Waals surface area contributed by atoms with Gasteiger partial charge in [-0.2, -0.15) is 0 Å². The molecule has 1 heterocycles. The van der Waals surface area contributed by atoms with Gasteiger partial charge < -0.3 is 9.64 Å². The first-order chi connectivity index (χ1) is 6.40. The molecular formula is C11H21NO. The second kappa shape index (κ2) is 4.43. The maximum absolute atomic E-state index is 5.38. The molecule has 0 amide bonds. The quantitative estimate of drug-likeness (QED) is 0.649. The molecular weight excluding hydrogens is 162 g/mol. The molecule has 76 valence electrons. The number of methoxy groups -OCH3 is 1. The Morgan fingerprint density at radius 3 is 2.15 bits per heavy atom. The lowest BCUT2D eigenvalue weighted by Crippen LogP contribution is -2.41. The van der Waals surface area contributed by atoms with Crippen molar-refractivity contribution < 1.29 is 4.74 Å². The molecule has 2 rings (SSSR count). The summed E-state index contributed by atoms with van der Waals surface area (Å²) in [5, 5.41) is 0. The van der Waals surface area contributed by atoms with Crippen molar-refractivity contribution in [1.29, 1.82) is 0 Å². The van der Waals surface area contributed by atoms with Gasteiger partial charge in [-0.15, -0.1) is 0 Å². The van der Waals surface area contributed by atoms with Crippen LogP contribution in [0, 0.1) is 0 Å². The van der Waals surface area contributed by atoms with Gasteiger partial charge in [-0.1, -0.05) is 12.8 Å². The molecule has 0 bridgehead atoms. The summed E-state index contributed by atoms with van der Waals surface area (Å²) in [6, 6.07) is 0.915. The number of hydrogen-bond donors (Lipinski definition) is 0. The number of likely N-dealkylation sites (tertiary alicyclic amines) is 1. The van der Waals surface area contributed by atoms with Crippen molar-refractivity contribution in [3.63, 3.8) is 0 Å². The highest BCUT2D eigenvalue weighted by Crippen LogP contribution is 2.26. The zero-order valence-corrected chi connectivity index (χ0v) is 8.67. The predicted molar refractivity (Wildman–Crippen MR) is 53.9 cm³/mol.